The Hall–Kier alpha value is -1.66. The summed E-state index contributed by atoms with van der Waals surface area (Å²) in [6, 6.07) is 3.97. The average Bonchev–Trinajstić information content (AvgIpc) is 2.51. The van der Waals surface area contributed by atoms with Gasteiger partial charge in [-0.05, 0) is 6.07 Å². The first-order chi connectivity index (χ1) is 10.1. The van der Waals surface area contributed by atoms with Gasteiger partial charge in [0.05, 0.1) is 12.5 Å². The summed E-state index contributed by atoms with van der Waals surface area (Å²) in [5, 5.41) is 5.99. The number of amides is 1. The van der Waals surface area contributed by atoms with Crippen LogP contribution in [0, 0.1) is 5.92 Å². The summed E-state index contributed by atoms with van der Waals surface area (Å²) >= 11 is 0. The quantitative estimate of drug-likeness (QED) is 0.654. The van der Waals surface area contributed by atoms with E-state index in [9.17, 15) is 4.79 Å². The van der Waals surface area contributed by atoms with Crippen molar-refractivity contribution >= 4 is 11.7 Å². The second kappa shape index (κ2) is 9.31. The van der Waals surface area contributed by atoms with Gasteiger partial charge in [-0.25, -0.2) is 4.98 Å². The summed E-state index contributed by atoms with van der Waals surface area (Å²) < 4.78 is 5.02. The fourth-order valence-electron chi connectivity index (χ4n) is 2.14. The van der Waals surface area contributed by atoms with Gasteiger partial charge < -0.3 is 20.3 Å². The maximum atomic E-state index is 11.6. The van der Waals surface area contributed by atoms with Crippen molar-refractivity contribution in [2.75, 3.05) is 45.8 Å². The maximum Gasteiger partial charge on any atom is 0.224 e. The highest BCUT2D eigenvalue weighted by Gasteiger charge is 2.16. The molecule has 0 bridgehead atoms. The molecular weight excluding hydrogens is 268 g/mol. The lowest BCUT2D eigenvalue weighted by Crippen LogP contribution is -2.35. The Morgan fingerprint density at radius 3 is 2.95 bits per heavy atom. The largest absolute Gasteiger partial charge is 0.383 e. The van der Waals surface area contributed by atoms with Crippen molar-refractivity contribution in [3.63, 3.8) is 0 Å². The van der Waals surface area contributed by atoms with Crippen LogP contribution in [0.4, 0.5) is 5.82 Å². The molecule has 1 unspecified atom stereocenters. The van der Waals surface area contributed by atoms with E-state index in [2.05, 4.69) is 15.6 Å². The molecule has 1 rings (SSSR count). The van der Waals surface area contributed by atoms with E-state index in [4.69, 9.17) is 4.74 Å². The van der Waals surface area contributed by atoms with Crippen molar-refractivity contribution in [2.45, 2.75) is 13.5 Å². The molecule has 0 saturated heterocycles. The summed E-state index contributed by atoms with van der Waals surface area (Å²) in [4.78, 5) is 18.1. The fourth-order valence-corrected chi connectivity index (χ4v) is 2.14. The van der Waals surface area contributed by atoms with Gasteiger partial charge in [0.1, 0.15) is 5.82 Å². The zero-order valence-corrected chi connectivity index (χ0v) is 13.3. The molecule has 0 radical (unpaired) electrons. The molecule has 1 atom stereocenters. The van der Waals surface area contributed by atoms with Gasteiger partial charge in [-0.1, -0.05) is 13.0 Å². The number of nitrogens with zero attached hydrogens (tertiary/aromatic N) is 2. The number of hydrogen-bond donors (Lipinski definition) is 2. The highest BCUT2D eigenvalue weighted by Crippen LogP contribution is 2.16. The summed E-state index contributed by atoms with van der Waals surface area (Å²) in [6.45, 7) is 4.74. The van der Waals surface area contributed by atoms with E-state index in [-0.39, 0.29) is 11.8 Å². The highest BCUT2D eigenvalue weighted by atomic mass is 16.5. The molecule has 1 aromatic rings. The Balaban J connectivity index is 2.66. The van der Waals surface area contributed by atoms with Crippen LogP contribution in [0.5, 0.6) is 0 Å². The van der Waals surface area contributed by atoms with Gasteiger partial charge in [-0.3, -0.25) is 4.79 Å². The molecular formula is C15H26N4O2. The Kier molecular flexibility index (Phi) is 7.71. The smallest absolute Gasteiger partial charge is 0.224 e. The Labute approximate surface area is 126 Å². The number of rotatable bonds is 9. The lowest BCUT2D eigenvalue weighted by Gasteiger charge is -2.24. The second-order valence-corrected chi connectivity index (χ2v) is 5.05. The lowest BCUT2D eigenvalue weighted by molar-refractivity contribution is -0.123. The molecule has 0 saturated carbocycles. The van der Waals surface area contributed by atoms with Crippen LogP contribution in [0.2, 0.25) is 0 Å². The van der Waals surface area contributed by atoms with Crippen molar-refractivity contribution < 1.29 is 9.53 Å². The monoisotopic (exact) mass is 294 g/mol. The van der Waals surface area contributed by atoms with E-state index in [0.29, 0.717) is 13.2 Å². The third-order valence-electron chi connectivity index (χ3n) is 3.27. The molecule has 6 heteroatoms. The molecule has 1 heterocycles. The molecule has 0 aliphatic carbocycles. The van der Waals surface area contributed by atoms with Gasteiger partial charge in [0, 0.05) is 52.6 Å². The van der Waals surface area contributed by atoms with Crippen LogP contribution in [-0.4, -0.2) is 51.8 Å². The van der Waals surface area contributed by atoms with E-state index < -0.39 is 0 Å². The lowest BCUT2D eigenvalue weighted by atomic mass is 10.1. The van der Waals surface area contributed by atoms with Gasteiger partial charge in [-0.2, -0.15) is 0 Å². The highest BCUT2D eigenvalue weighted by molar-refractivity contribution is 5.78. The number of methoxy groups -OCH3 is 1. The van der Waals surface area contributed by atoms with E-state index in [1.807, 2.05) is 31.0 Å². The summed E-state index contributed by atoms with van der Waals surface area (Å²) in [7, 11) is 5.30. The summed E-state index contributed by atoms with van der Waals surface area (Å²) in [5.41, 5.74) is 1.11. The molecule has 0 aliphatic rings. The minimum atomic E-state index is -0.0868. The zero-order valence-electron chi connectivity index (χ0n) is 13.3. The van der Waals surface area contributed by atoms with Gasteiger partial charge in [0.25, 0.3) is 0 Å². The molecule has 6 nitrogen and oxygen atoms in total. The van der Waals surface area contributed by atoms with Crippen LogP contribution in [-0.2, 0) is 16.1 Å². The summed E-state index contributed by atoms with van der Waals surface area (Å²) in [5.74, 6) is 0.854. The number of anilines is 1. The summed E-state index contributed by atoms with van der Waals surface area (Å²) in [6.07, 6.45) is 1.77. The minimum absolute atomic E-state index is 0.0394. The third-order valence-corrected chi connectivity index (χ3v) is 3.27. The van der Waals surface area contributed by atoms with Gasteiger partial charge in [-0.15, -0.1) is 0 Å². The molecule has 118 valence electrons. The predicted molar refractivity (Wildman–Crippen MR) is 84.3 cm³/mol. The van der Waals surface area contributed by atoms with Crippen LogP contribution in [0.15, 0.2) is 18.3 Å². The van der Waals surface area contributed by atoms with Crippen molar-refractivity contribution in [2.24, 2.45) is 5.92 Å². The Morgan fingerprint density at radius 2 is 2.29 bits per heavy atom. The average molecular weight is 294 g/mol. The van der Waals surface area contributed by atoms with E-state index in [0.717, 1.165) is 24.5 Å². The van der Waals surface area contributed by atoms with Crippen LogP contribution in [0.1, 0.15) is 12.5 Å². The first-order valence-electron chi connectivity index (χ1n) is 7.16. The van der Waals surface area contributed by atoms with E-state index in [1.54, 1.807) is 20.4 Å². The molecule has 0 aliphatic heterocycles. The molecule has 0 aromatic carbocycles. The fraction of sp³-hybridized carbons (Fsp3) is 0.600. The van der Waals surface area contributed by atoms with Crippen LogP contribution >= 0.6 is 0 Å². The first-order valence-corrected chi connectivity index (χ1v) is 7.16. The number of aromatic nitrogens is 1. The first kappa shape index (κ1) is 17.4. The van der Waals surface area contributed by atoms with Gasteiger partial charge >= 0.3 is 0 Å². The maximum absolute atomic E-state index is 11.6. The SMILES string of the molecule is CNC(=O)C(C)CN(C)c1ncccc1CNCCOC. The minimum Gasteiger partial charge on any atom is -0.383 e. The standard InChI is InChI=1S/C15H26N4O2/c1-12(15(20)16-2)11-19(3)14-13(6-5-7-18-14)10-17-8-9-21-4/h5-7,12,17H,8-11H2,1-4H3,(H,16,20). The number of hydrogen-bond acceptors (Lipinski definition) is 5. The number of carbonyl (C=O) groups excluding carboxylic acids is 1. The van der Waals surface area contributed by atoms with E-state index in [1.165, 1.54) is 0 Å². The number of ether oxygens (including phenoxy) is 1. The van der Waals surface area contributed by atoms with Gasteiger partial charge in [0.15, 0.2) is 0 Å². The van der Waals surface area contributed by atoms with Crippen molar-refractivity contribution in [1.82, 2.24) is 15.6 Å². The van der Waals surface area contributed by atoms with Gasteiger partial charge in [0.2, 0.25) is 5.91 Å². The topological polar surface area (TPSA) is 66.5 Å². The Morgan fingerprint density at radius 1 is 1.52 bits per heavy atom. The molecule has 21 heavy (non-hydrogen) atoms. The number of pyridine rings is 1. The van der Waals surface area contributed by atoms with Crippen LogP contribution in [0.3, 0.4) is 0 Å². The predicted octanol–water partition coefficient (Wildman–Crippen LogP) is 0.636. The van der Waals surface area contributed by atoms with Crippen molar-refractivity contribution in [1.29, 1.82) is 0 Å². The number of nitrogens with one attached hydrogen (secondary N) is 2. The van der Waals surface area contributed by atoms with E-state index >= 15 is 0 Å². The van der Waals surface area contributed by atoms with Crippen molar-refractivity contribution in [3.8, 4) is 0 Å². The third kappa shape index (κ3) is 5.69. The molecule has 1 aromatic heterocycles. The van der Waals surface area contributed by atoms with Crippen molar-refractivity contribution in [3.05, 3.63) is 23.9 Å². The second-order valence-electron chi connectivity index (χ2n) is 5.05. The molecule has 0 fully saturated rings. The number of carbonyl (C=O) groups is 1. The normalized spacial score (nSPS) is 12.0. The van der Waals surface area contributed by atoms with Crippen LogP contribution < -0.4 is 15.5 Å². The molecule has 2 N–H and O–H groups in total. The molecule has 0 spiro atoms. The molecule has 1 amide bonds. The zero-order chi connectivity index (χ0) is 15.7. The Bertz CT molecular complexity index is 439. The van der Waals surface area contributed by atoms with Crippen LogP contribution in [0.25, 0.3) is 0 Å².